The Hall–Kier alpha value is -4.11. The fraction of sp³-hybridized carbons (Fsp3) is 0.333. The van der Waals surface area contributed by atoms with Gasteiger partial charge in [0, 0.05) is 22.4 Å². The average Bonchev–Trinajstić information content (AvgIpc) is 3.36. The summed E-state index contributed by atoms with van der Waals surface area (Å²) in [5, 5.41) is 24.6. The first-order chi connectivity index (χ1) is 19.9. The van der Waals surface area contributed by atoms with Crippen LogP contribution in [0, 0.1) is 0 Å². The number of amides is 1. The summed E-state index contributed by atoms with van der Waals surface area (Å²) >= 11 is 1.28. The number of carbonyl (C=O) groups excluding carboxylic acids is 1. The molecule has 0 fully saturated rings. The highest BCUT2D eigenvalue weighted by Gasteiger charge is 2.26. The summed E-state index contributed by atoms with van der Waals surface area (Å²) in [6, 6.07) is 21.4. The molecule has 4 rings (SSSR count). The fourth-order valence-electron chi connectivity index (χ4n) is 4.44. The fourth-order valence-corrected chi connectivity index (χ4v) is 5.19. The molecule has 0 atom stereocenters. The van der Waals surface area contributed by atoms with E-state index in [2.05, 4.69) is 62.3 Å². The normalized spacial score (nSPS) is 12.1. The molecule has 0 aliphatic carbocycles. The van der Waals surface area contributed by atoms with Crippen LogP contribution in [0.1, 0.15) is 65.2 Å². The molecular weight excluding hydrogens is 546 g/mol. The Morgan fingerprint density at radius 3 is 2.17 bits per heavy atom. The maximum atomic E-state index is 12.8. The van der Waals surface area contributed by atoms with Gasteiger partial charge in [-0.3, -0.25) is 9.36 Å². The van der Waals surface area contributed by atoms with Crippen molar-refractivity contribution in [1.29, 1.82) is 0 Å². The van der Waals surface area contributed by atoms with Crippen LogP contribution in [0.5, 0.6) is 11.5 Å². The van der Waals surface area contributed by atoms with Gasteiger partial charge in [0.05, 0.1) is 18.6 Å². The van der Waals surface area contributed by atoms with Gasteiger partial charge in [-0.25, -0.2) is 5.43 Å². The standard InChI is InChI=1S/C33H39N5O3S/c1-8-41-25-16-14-24(15-17-25)38-30(23-12-10-9-11-13-23)36-37-31(38)42-21-28(39)35-34-20-22-18-26(32(2,3)4)29(40)27(19-22)33(5,6)7/h9-20,40H,8,21H2,1-7H3,(H,35,39)/b34-20-. The second kappa shape index (κ2) is 12.8. The molecule has 0 saturated carbocycles. The van der Waals surface area contributed by atoms with Crippen LogP contribution in [-0.4, -0.2) is 44.4 Å². The van der Waals surface area contributed by atoms with E-state index in [1.165, 1.54) is 11.8 Å². The number of phenolic OH excluding ortho intramolecular Hbond substituents is 1. The van der Waals surface area contributed by atoms with Crippen molar-refractivity contribution >= 4 is 23.9 Å². The number of phenols is 1. The quantitative estimate of drug-likeness (QED) is 0.126. The van der Waals surface area contributed by atoms with E-state index in [1.54, 1.807) is 6.21 Å². The number of nitrogens with zero attached hydrogens (tertiary/aromatic N) is 4. The molecule has 0 unspecified atom stereocenters. The van der Waals surface area contributed by atoms with Gasteiger partial charge in [-0.15, -0.1) is 10.2 Å². The topological polar surface area (TPSA) is 102 Å². The number of nitrogens with one attached hydrogen (secondary N) is 1. The van der Waals surface area contributed by atoms with Gasteiger partial charge in [0.25, 0.3) is 5.91 Å². The number of hydrogen-bond acceptors (Lipinski definition) is 7. The number of hydrazone groups is 1. The minimum absolute atomic E-state index is 0.0946. The third-order valence-corrected chi connectivity index (χ3v) is 7.48. The summed E-state index contributed by atoms with van der Waals surface area (Å²) < 4.78 is 7.53. The summed E-state index contributed by atoms with van der Waals surface area (Å²) in [4.78, 5) is 12.8. The lowest BCUT2D eigenvalue weighted by atomic mass is 9.78. The highest BCUT2D eigenvalue weighted by atomic mass is 32.2. The molecule has 1 aromatic heterocycles. The Labute approximate surface area is 252 Å². The molecule has 42 heavy (non-hydrogen) atoms. The second-order valence-electron chi connectivity index (χ2n) is 12.0. The minimum Gasteiger partial charge on any atom is -0.507 e. The number of aromatic hydroxyl groups is 1. The van der Waals surface area contributed by atoms with Gasteiger partial charge in [0.15, 0.2) is 11.0 Å². The third kappa shape index (κ3) is 7.39. The van der Waals surface area contributed by atoms with Crippen molar-refractivity contribution < 1.29 is 14.6 Å². The number of carbonyl (C=O) groups is 1. The van der Waals surface area contributed by atoms with Crippen molar-refractivity contribution in [2.45, 2.75) is 64.5 Å². The van der Waals surface area contributed by atoms with Crippen LogP contribution < -0.4 is 10.2 Å². The maximum absolute atomic E-state index is 12.8. The number of aromatic nitrogens is 3. The zero-order chi connectivity index (χ0) is 30.5. The summed E-state index contributed by atoms with van der Waals surface area (Å²) in [5.41, 5.74) is 6.36. The molecule has 0 aliphatic rings. The van der Waals surface area contributed by atoms with Gasteiger partial charge in [0.1, 0.15) is 11.5 Å². The minimum atomic E-state index is -0.273. The molecular formula is C33H39N5O3S. The zero-order valence-corrected chi connectivity index (χ0v) is 26.1. The number of hydrogen-bond donors (Lipinski definition) is 2. The summed E-state index contributed by atoms with van der Waals surface area (Å²) in [6.07, 6.45) is 1.61. The molecule has 220 valence electrons. The smallest absolute Gasteiger partial charge is 0.250 e. The van der Waals surface area contributed by atoms with Crippen molar-refractivity contribution in [2.24, 2.45) is 5.10 Å². The van der Waals surface area contributed by atoms with Gasteiger partial charge < -0.3 is 9.84 Å². The van der Waals surface area contributed by atoms with E-state index in [1.807, 2.05) is 78.2 Å². The van der Waals surface area contributed by atoms with E-state index in [9.17, 15) is 9.90 Å². The first kappa shape index (κ1) is 30.8. The molecule has 1 heterocycles. The van der Waals surface area contributed by atoms with E-state index >= 15 is 0 Å². The Bertz CT molecular complexity index is 1510. The summed E-state index contributed by atoms with van der Waals surface area (Å²) in [7, 11) is 0. The van der Waals surface area contributed by atoms with Crippen LogP contribution >= 0.6 is 11.8 Å². The molecule has 0 radical (unpaired) electrons. The Morgan fingerprint density at radius 1 is 0.976 bits per heavy atom. The number of ether oxygens (including phenoxy) is 1. The molecule has 0 saturated heterocycles. The van der Waals surface area contributed by atoms with E-state index in [-0.39, 0.29) is 22.5 Å². The molecule has 4 aromatic rings. The van der Waals surface area contributed by atoms with Gasteiger partial charge in [-0.05, 0) is 59.7 Å². The van der Waals surface area contributed by atoms with Crippen LogP contribution in [0.3, 0.4) is 0 Å². The van der Waals surface area contributed by atoms with Crippen LogP contribution in [0.2, 0.25) is 0 Å². The SMILES string of the molecule is CCOc1ccc(-n2c(SCC(=O)N/N=C\c3cc(C(C)(C)C)c(O)c(C(C)(C)C)c3)nnc2-c2ccccc2)cc1. The molecule has 2 N–H and O–H groups in total. The van der Waals surface area contributed by atoms with Crippen molar-refractivity contribution in [3.05, 3.63) is 83.4 Å². The summed E-state index contributed by atoms with van der Waals surface area (Å²) in [6.45, 7) is 14.9. The first-order valence-electron chi connectivity index (χ1n) is 13.9. The van der Waals surface area contributed by atoms with Gasteiger partial charge in [-0.2, -0.15) is 5.10 Å². The average molecular weight is 586 g/mol. The highest BCUT2D eigenvalue weighted by molar-refractivity contribution is 7.99. The third-order valence-electron chi connectivity index (χ3n) is 6.55. The lowest BCUT2D eigenvalue weighted by Crippen LogP contribution is -2.20. The van der Waals surface area contributed by atoms with Crippen molar-refractivity contribution in [3.63, 3.8) is 0 Å². The monoisotopic (exact) mass is 585 g/mol. The Kier molecular flexibility index (Phi) is 9.41. The summed E-state index contributed by atoms with van der Waals surface area (Å²) in [5.74, 6) is 1.58. The molecule has 8 nitrogen and oxygen atoms in total. The zero-order valence-electron chi connectivity index (χ0n) is 25.3. The van der Waals surface area contributed by atoms with Crippen molar-refractivity contribution in [3.8, 4) is 28.6 Å². The predicted molar refractivity (Wildman–Crippen MR) is 170 cm³/mol. The molecule has 9 heteroatoms. The van der Waals surface area contributed by atoms with E-state index < -0.39 is 0 Å². The highest BCUT2D eigenvalue weighted by Crippen LogP contribution is 2.39. The van der Waals surface area contributed by atoms with Crippen LogP contribution in [-0.2, 0) is 15.6 Å². The molecule has 0 bridgehead atoms. The lowest BCUT2D eigenvalue weighted by Gasteiger charge is -2.27. The predicted octanol–water partition coefficient (Wildman–Crippen LogP) is 6.88. The van der Waals surface area contributed by atoms with E-state index in [4.69, 9.17) is 4.74 Å². The van der Waals surface area contributed by atoms with Crippen LogP contribution in [0.15, 0.2) is 77.0 Å². The van der Waals surface area contributed by atoms with Crippen LogP contribution in [0.4, 0.5) is 0 Å². The maximum Gasteiger partial charge on any atom is 0.250 e. The van der Waals surface area contributed by atoms with Crippen molar-refractivity contribution in [1.82, 2.24) is 20.2 Å². The molecule has 3 aromatic carbocycles. The van der Waals surface area contributed by atoms with Crippen molar-refractivity contribution in [2.75, 3.05) is 12.4 Å². The number of thioether (sulfide) groups is 1. The van der Waals surface area contributed by atoms with E-state index in [0.717, 1.165) is 33.7 Å². The van der Waals surface area contributed by atoms with Gasteiger partial charge in [-0.1, -0.05) is 83.6 Å². The lowest BCUT2D eigenvalue weighted by molar-refractivity contribution is -0.118. The van der Waals surface area contributed by atoms with Gasteiger partial charge >= 0.3 is 0 Å². The van der Waals surface area contributed by atoms with Crippen LogP contribution in [0.25, 0.3) is 17.1 Å². The second-order valence-corrected chi connectivity index (χ2v) is 12.9. The molecule has 0 aliphatic heterocycles. The number of benzene rings is 3. The Balaban J connectivity index is 1.52. The number of rotatable bonds is 9. The Morgan fingerprint density at radius 2 is 1.60 bits per heavy atom. The molecule has 1 amide bonds. The molecule has 0 spiro atoms. The van der Waals surface area contributed by atoms with E-state index in [0.29, 0.717) is 23.3 Å². The first-order valence-corrected chi connectivity index (χ1v) is 14.9. The van der Waals surface area contributed by atoms with Gasteiger partial charge in [0.2, 0.25) is 0 Å². The largest absolute Gasteiger partial charge is 0.507 e.